The number of methoxy groups -OCH3 is 1. The summed E-state index contributed by atoms with van der Waals surface area (Å²) < 4.78 is 11.0. The molecule has 1 aromatic heterocycles. The van der Waals surface area contributed by atoms with Gasteiger partial charge in [0, 0.05) is 23.7 Å². The lowest BCUT2D eigenvalue weighted by Crippen LogP contribution is -2.10. The average molecular weight is 323 g/mol. The van der Waals surface area contributed by atoms with Gasteiger partial charge in [-0.3, -0.25) is 9.59 Å². The van der Waals surface area contributed by atoms with Gasteiger partial charge in [0.05, 0.1) is 12.5 Å². The van der Waals surface area contributed by atoms with Crippen LogP contribution in [0, 0.1) is 0 Å². The Morgan fingerprint density at radius 1 is 1.12 bits per heavy atom. The number of amides is 1. The van der Waals surface area contributed by atoms with E-state index in [1.165, 1.54) is 6.07 Å². The van der Waals surface area contributed by atoms with Gasteiger partial charge in [-0.1, -0.05) is 6.92 Å². The summed E-state index contributed by atoms with van der Waals surface area (Å²) in [6.07, 6.45) is 0.378. The molecule has 0 atom stereocenters. The summed E-state index contributed by atoms with van der Waals surface area (Å²) in [5.41, 5.74) is 1.69. The number of fused-ring (bicyclic) bond motifs is 1. The predicted molar refractivity (Wildman–Crippen MR) is 93.4 cm³/mol. The fourth-order valence-electron chi connectivity index (χ4n) is 2.38. The van der Waals surface area contributed by atoms with Gasteiger partial charge in [-0.25, -0.2) is 0 Å². The molecule has 2 aromatic carbocycles. The third-order valence-electron chi connectivity index (χ3n) is 3.71. The maximum absolute atomic E-state index is 12.4. The smallest absolute Gasteiger partial charge is 0.224 e. The van der Waals surface area contributed by atoms with Crippen LogP contribution >= 0.6 is 0 Å². The zero-order valence-corrected chi connectivity index (χ0v) is 13.5. The number of hydrogen-bond acceptors (Lipinski definition) is 4. The monoisotopic (exact) mass is 323 g/mol. The van der Waals surface area contributed by atoms with Crippen LogP contribution in [0.1, 0.15) is 13.3 Å². The van der Waals surface area contributed by atoms with E-state index < -0.39 is 0 Å². The van der Waals surface area contributed by atoms with Crippen molar-refractivity contribution in [1.29, 1.82) is 0 Å². The number of carbonyl (C=O) groups excluding carboxylic acids is 1. The second kappa shape index (κ2) is 6.58. The first-order chi connectivity index (χ1) is 11.6. The van der Waals surface area contributed by atoms with Crippen LogP contribution in [-0.4, -0.2) is 13.0 Å². The average Bonchev–Trinajstić information content (AvgIpc) is 2.62. The Balaban J connectivity index is 2.02. The van der Waals surface area contributed by atoms with E-state index in [0.717, 1.165) is 11.3 Å². The SMILES string of the molecule is CCC(=O)Nc1ccc2oc(-c3ccc(OC)cc3)cc(=O)c2c1. The first kappa shape index (κ1) is 15.8. The van der Waals surface area contributed by atoms with E-state index in [-0.39, 0.29) is 11.3 Å². The first-order valence-electron chi connectivity index (χ1n) is 7.63. The van der Waals surface area contributed by atoms with E-state index in [1.807, 2.05) is 24.3 Å². The topological polar surface area (TPSA) is 68.5 Å². The molecule has 0 spiro atoms. The van der Waals surface area contributed by atoms with Crippen molar-refractivity contribution in [2.75, 3.05) is 12.4 Å². The lowest BCUT2D eigenvalue weighted by molar-refractivity contribution is -0.115. The molecule has 0 aliphatic rings. The van der Waals surface area contributed by atoms with E-state index in [1.54, 1.807) is 32.2 Å². The Kier molecular flexibility index (Phi) is 4.33. The summed E-state index contributed by atoms with van der Waals surface area (Å²) in [7, 11) is 1.60. The Labute approximate surface area is 138 Å². The Bertz CT molecular complexity index is 942. The highest BCUT2D eigenvalue weighted by molar-refractivity contribution is 5.93. The second-order valence-electron chi connectivity index (χ2n) is 5.32. The largest absolute Gasteiger partial charge is 0.497 e. The molecule has 0 bridgehead atoms. The van der Waals surface area contributed by atoms with E-state index in [9.17, 15) is 9.59 Å². The van der Waals surface area contributed by atoms with Crippen LogP contribution in [0.4, 0.5) is 5.69 Å². The van der Waals surface area contributed by atoms with Crippen LogP contribution in [0.2, 0.25) is 0 Å². The number of nitrogens with one attached hydrogen (secondary N) is 1. The van der Waals surface area contributed by atoms with Crippen LogP contribution in [0.3, 0.4) is 0 Å². The van der Waals surface area contributed by atoms with Crippen molar-refractivity contribution in [3.63, 3.8) is 0 Å². The Morgan fingerprint density at radius 2 is 1.88 bits per heavy atom. The highest BCUT2D eigenvalue weighted by Gasteiger charge is 2.09. The van der Waals surface area contributed by atoms with Crippen LogP contribution in [0.5, 0.6) is 5.75 Å². The van der Waals surface area contributed by atoms with Crippen molar-refractivity contribution in [2.45, 2.75) is 13.3 Å². The minimum absolute atomic E-state index is 0.103. The number of rotatable bonds is 4. The summed E-state index contributed by atoms with van der Waals surface area (Å²) in [4.78, 5) is 23.9. The zero-order chi connectivity index (χ0) is 17.1. The van der Waals surface area contributed by atoms with Crippen molar-refractivity contribution in [3.8, 4) is 17.1 Å². The van der Waals surface area contributed by atoms with Crippen molar-refractivity contribution < 1.29 is 13.9 Å². The van der Waals surface area contributed by atoms with Crippen LogP contribution in [0.15, 0.2) is 57.7 Å². The van der Waals surface area contributed by atoms with Gasteiger partial charge in [0.2, 0.25) is 5.91 Å². The molecule has 3 rings (SSSR count). The number of ether oxygens (including phenoxy) is 1. The second-order valence-corrected chi connectivity index (χ2v) is 5.32. The van der Waals surface area contributed by atoms with E-state index in [0.29, 0.717) is 28.8 Å². The Morgan fingerprint density at radius 3 is 2.54 bits per heavy atom. The molecule has 5 heteroatoms. The summed E-state index contributed by atoms with van der Waals surface area (Å²) in [6, 6.07) is 13.8. The fraction of sp³-hybridized carbons (Fsp3) is 0.158. The third-order valence-corrected chi connectivity index (χ3v) is 3.71. The molecule has 3 aromatic rings. The lowest BCUT2D eigenvalue weighted by atomic mass is 10.1. The van der Waals surface area contributed by atoms with Crippen molar-refractivity contribution in [1.82, 2.24) is 0 Å². The normalized spacial score (nSPS) is 10.6. The van der Waals surface area contributed by atoms with Gasteiger partial charge in [-0.05, 0) is 42.5 Å². The van der Waals surface area contributed by atoms with Gasteiger partial charge < -0.3 is 14.5 Å². The molecule has 122 valence electrons. The summed E-state index contributed by atoms with van der Waals surface area (Å²) in [5, 5.41) is 3.17. The van der Waals surface area contributed by atoms with Gasteiger partial charge in [0.1, 0.15) is 17.1 Å². The quantitative estimate of drug-likeness (QED) is 0.792. The molecule has 0 unspecified atom stereocenters. The maximum Gasteiger partial charge on any atom is 0.224 e. The van der Waals surface area contributed by atoms with E-state index >= 15 is 0 Å². The van der Waals surface area contributed by atoms with Gasteiger partial charge in [0.25, 0.3) is 0 Å². The molecule has 0 radical (unpaired) electrons. The van der Waals surface area contributed by atoms with Crippen LogP contribution in [0.25, 0.3) is 22.3 Å². The number of hydrogen-bond donors (Lipinski definition) is 1. The fourth-order valence-corrected chi connectivity index (χ4v) is 2.38. The van der Waals surface area contributed by atoms with E-state index in [4.69, 9.17) is 9.15 Å². The number of carbonyl (C=O) groups is 1. The number of anilines is 1. The summed E-state index contributed by atoms with van der Waals surface area (Å²) in [6.45, 7) is 1.77. The molecule has 0 saturated heterocycles. The predicted octanol–water partition coefficient (Wildman–Crippen LogP) is 3.82. The molecule has 1 N–H and O–H groups in total. The third kappa shape index (κ3) is 3.15. The highest BCUT2D eigenvalue weighted by Crippen LogP contribution is 2.25. The van der Waals surface area contributed by atoms with Gasteiger partial charge in [-0.15, -0.1) is 0 Å². The van der Waals surface area contributed by atoms with Gasteiger partial charge >= 0.3 is 0 Å². The van der Waals surface area contributed by atoms with Crippen LogP contribution < -0.4 is 15.5 Å². The molecule has 24 heavy (non-hydrogen) atoms. The van der Waals surface area contributed by atoms with Crippen LogP contribution in [-0.2, 0) is 4.79 Å². The van der Waals surface area contributed by atoms with Crippen molar-refractivity contribution in [2.24, 2.45) is 0 Å². The van der Waals surface area contributed by atoms with Crippen molar-refractivity contribution in [3.05, 3.63) is 58.8 Å². The minimum atomic E-state index is -0.158. The molecular formula is C19H17NO4. The van der Waals surface area contributed by atoms with Crippen molar-refractivity contribution >= 4 is 22.6 Å². The molecule has 0 aliphatic heterocycles. The standard InChI is InChI=1S/C19H17NO4/c1-3-19(22)20-13-6-9-17-15(10-13)16(21)11-18(24-17)12-4-7-14(23-2)8-5-12/h4-11H,3H2,1-2H3,(H,20,22). The summed E-state index contributed by atoms with van der Waals surface area (Å²) >= 11 is 0. The zero-order valence-electron chi connectivity index (χ0n) is 13.5. The molecule has 1 amide bonds. The number of benzene rings is 2. The molecule has 1 heterocycles. The van der Waals surface area contributed by atoms with Gasteiger partial charge in [0.15, 0.2) is 5.43 Å². The highest BCUT2D eigenvalue weighted by atomic mass is 16.5. The lowest BCUT2D eigenvalue weighted by Gasteiger charge is -2.07. The summed E-state index contributed by atoms with van der Waals surface area (Å²) in [5.74, 6) is 1.12. The Hall–Kier alpha value is -3.08. The molecule has 0 saturated carbocycles. The maximum atomic E-state index is 12.4. The molecular weight excluding hydrogens is 306 g/mol. The van der Waals surface area contributed by atoms with Gasteiger partial charge in [-0.2, -0.15) is 0 Å². The first-order valence-corrected chi connectivity index (χ1v) is 7.63. The minimum Gasteiger partial charge on any atom is -0.497 e. The molecule has 0 aliphatic carbocycles. The molecule has 0 fully saturated rings. The molecule has 5 nitrogen and oxygen atoms in total. The van der Waals surface area contributed by atoms with E-state index in [2.05, 4.69) is 5.32 Å².